The molecular formula is C16H25N5O2S. The van der Waals surface area contributed by atoms with Crippen LogP contribution in [0.15, 0.2) is 12.3 Å². The number of sulfonamides is 1. The second kappa shape index (κ2) is 6.33. The Morgan fingerprint density at radius 3 is 2.88 bits per heavy atom. The minimum atomic E-state index is -3.13. The van der Waals surface area contributed by atoms with Crippen molar-refractivity contribution in [3.63, 3.8) is 0 Å². The van der Waals surface area contributed by atoms with E-state index in [0.29, 0.717) is 12.5 Å². The smallest absolute Gasteiger partial charge is 0.210 e. The molecule has 2 aromatic heterocycles. The number of rotatable bonds is 4. The molecule has 1 unspecified atom stereocenters. The number of aromatic nitrogens is 3. The fraction of sp³-hybridized carbons (Fsp3) is 0.625. The van der Waals surface area contributed by atoms with Crippen molar-refractivity contribution in [3.05, 3.63) is 18.0 Å². The number of piperidine rings is 1. The highest BCUT2D eigenvalue weighted by molar-refractivity contribution is 7.88. The normalized spacial score (nSPS) is 19.4. The number of anilines is 1. The Labute approximate surface area is 143 Å². The molecule has 0 spiro atoms. The van der Waals surface area contributed by atoms with Crippen molar-refractivity contribution in [1.82, 2.24) is 19.1 Å². The molecule has 7 nitrogen and oxygen atoms in total. The van der Waals surface area contributed by atoms with Crippen LogP contribution < -0.4 is 4.90 Å². The van der Waals surface area contributed by atoms with Crippen molar-refractivity contribution in [2.45, 2.75) is 19.8 Å². The van der Waals surface area contributed by atoms with Gasteiger partial charge in [0.2, 0.25) is 10.0 Å². The summed E-state index contributed by atoms with van der Waals surface area (Å²) in [4.78, 5) is 6.79. The maximum absolute atomic E-state index is 11.7. The van der Waals surface area contributed by atoms with Crippen LogP contribution in [-0.4, -0.2) is 60.4 Å². The lowest BCUT2D eigenvalue weighted by Gasteiger charge is -2.36. The molecule has 1 aliphatic heterocycles. The van der Waals surface area contributed by atoms with Gasteiger partial charge in [0.25, 0.3) is 0 Å². The molecule has 0 saturated carbocycles. The van der Waals surface area contributed by atoms with Crippen LogP contribution in [0.25, 0.3) is 11.0 Å². The minimum Gasteiger partial charge on any atom is -0.371 e. The predicted octanol–water partition coefficient (Wildman–Crippen LogP) is 1.38. The van der Waals surface area contributed by atoms with E-state index in [2.05, 4.69) is 15.0 Å². The van der Waals surface area contributed by atoms with Gasteiger partial charge in [0.05, 0.1) is 23.0 Å². The Bertz CT molecular complexity index is 846. The van der Waals surface area contributed by atoms with E-state index in [1.54, 1.807) is 7.05 Å². The van der Waals surface area contributed by atoms with Crippen LogP contribution in [0.2, 0.25) is 0 Å². The molecule has 0 aliphatic carbocycles. The van der Waals surface area contributed by atoms with Crippen LogP contribution in [0, 0.1) is 12.8 Å². The summed E-state index contributed by atoms with van der Waals surface area (Å²) in [5, 5.41) is 5.58. The highest BCUT2D eigenvalue weighted by Gasteiger charge is 2.25. The van der Waals surface area contributed by atoms with Crippen LogP contribution in [0.1, 0.15) is 18.5 Å². The lowest BCUT2D eigenvalue weighted by molar-refractivity contribution is 0.337. The number of fused-ring (bicyclic) bond motifs is 1. The molecule has 132 valence electrons. The highest BCUT2D eigenvalue weighted by Crippen LogP contribution is 2.31. The summed E-state index contributed by atoms with van der Waals surface area (Å²) < 4.78 is 26.6. The maximum Gasteiger partial charge on any atom is 0.210 e. The Morgan fingerprint density at radius 1 is 1.42 bits per heavy atom. The second-order valence-electron chi connectivity index (χ2n) is 6.74. The van der Waals surface area contributed by atoms with Gasteiger partial charge < -0.3 is 4.90 Å². The number of hydrogen-bond donors (Lipinski definition) is 0. The molecule has 3 heterocycles. The van der Waals surface area contributed by atoms with E-state index in [-0.39, 0.29) is 0 Å². The van der Waals surface area contributed by atoms with Gasteiger partial charge in [-0.05, 0) is 31.7 Å². The first-order valence-corrected chi connectivity index (χ1v) is 10.1. The van der Waals surface area contributed by atoms with Crippen molar-refractivity contribution in [1.29, 1.82) is 0 Å². The number of nitrogens with zero attached hydrogens (tertiary/aromatic N) is 5. The first-order chi connectivity index (χ1) is 11.3. The fourth-order valence-corrected chi connectivity index (χ4v) is 4.03. The van der Waals surface area contributed by atoms with E-state index in [0.717, 1.165) is 48.3 Å². The largest absolute Gasteiger partial charge is 0.371 e. The van der Waals surface area contributed by atoms with Crippen molar-refractivity contribution in [2.75, 3.05) is 37.8 Å². The van der Waals surface area contributed by atoms with E-state index in [9.17, 15) is 8.42 Å². The summed E-state index contributed by atoms with van der Waals surface area (Å²) >= 11 is 0. The molecule has 8 heteroatoms. The van der Waals surface area contributed by atoms with Gasteiger partial charge >= 0.3 is 0 Å². The molecule has 0 amide bonds. The van der Waals surface area contributed by atoms with Crippen molar-refractivity contribution in [3.8, 4) is 0 Å². The van der Waals surface area contributed by atoms with Gasteiger partial charge in [0.15, 0.2) is 5.65 Å². The maximum atomic E-state index is 11.7. The Morgan fingerprint density at radius 2 is 2.17 bits per heavy atom. The predicted molar refractivity (Wildman–Crippen MR) is 95.7 cm³/mol. The van der Waals surface area contributed by atoms with Crippen LogP contribution in [0.5, 0.6) is 0 Å². The first-order valence-electron chi connectivity index (χ1n) is 8.22. The van der Waals surface area contributed by atoms with Gasteiger partial charge in [-0.2, -0.15) is 5.10 Å². The first kappa shape index (κ1) is 17.2. The van der Waals surface area contributed by atoms with Gasteiger partial charge in [-0.25, -0.2) is 17.7 Å². The molecule has 0 bridgehead atoms. The molecule has 1 atom stereocenters. The number of hydrogen-bond acceptors (Lipinski definition) is 5. The molecule has 2 aromatic rings. The lowest BCUT2D eigenvalue weighted by atomic mass is 9.97. The highest BCUT2D eigenvalue weighted by atomic mass is 32.2. The van der Waals surface area contributed by atoms with Crippen LogP contribution in [0.4, 0.5) is 5.69 Å². The Balaban J connectivity index is 1.85. The topological polar surface area (TPSA) is 71.3 Å². The van der Waals surface area contributed by atoms with Crippen LogP contribution >= 0.6 is 0 Å². The molecule has 0 aromatic carbocycles. The zero-order chi connectivity index (χ0) is 17.5. The fourth-order valence-electron chi connectivity index (χ4n) is 3.55. The van der Waals surface area contributed by atoms with E-state index in [1.807, 2.05) is 30.9 Å². The third-order valence-corrected chi connectivity index (χ3v) is 6.10. The molecule has 24 heavy (non-hydrogen) atoms. The minimum absolute atomic E-state index is 0.332. The van der Waals surface area contributed by atoms with Gasteiger partial charge in [-0.15, -0.1) is 0 Å². The van der Waals surface area contributed by atoms with Gasteiger partial charge in [-0.1, -0.05) is 0 Å². The standard InChI is InChI=1S/C16H25N5O2S/c1-12-15-14(7-8-17-16(15)20(3)18-12)21-9-5-6-13(11-21)10-19(2)24(4,22)23/h7-8,13H,5-6,9-11H2,1-4H3. The third-order valence-electron chi connectivity index (χ3n) is 4.82. The Hall–Kier alpha value is -1.67. The van der Waals surface area contributed by atoms with Crippen molar-refractivity contribution >= 4 is 26.7 Å². The Kier molecular flexibility index (Phi) is 4.52. The molecule has 1 aliphatic rings. The van der Waals surface area contributed by atoms with E-state index < -0.39 is 10.0 Å². The molecule has 1 saturated heterocycles. The van der Waals surface area contributed by atoms with Crippen LogP contribution in [-0.2, 0) is 17.1 Å². The summed E-state index contributed by atoms with van der Waals surface area (Å²) in [7, 11) is 0.435. The summed E-state index contributed by atoms with van der Waals surface area (Å²) in [5.74, 6) is 0.332. The van der Waals surface area contributed by atoms with E-state index in [1.165, 1.54) is 10.6 Å². The second-order valence-corrected chi connectivity index (χ2v) is 8.82. The quantitative estimate of drug-likeness (QED) is 0.832. The summed E-state index contributed by atoms with van der Waals surface area (Å²) in [6.45, 7) is 4.40. The molecule has 0 N–H and O–H groups in total. The van der Waals surface area contributed by atoms with Crippen molar-refractivity contribution < 1.29 is 8.42 Å². The summed E-state index contributed by atoms with van der Waals surface area (Å²) in [6.07, 6.45) is 5.20. The molecule has 0 radical (unpaired) electrons. The monoisotopic (exact) mass is 351 g/mol. The number of aryl methyl sites for hydroxylation is 2. The average molecular weight is 351 g/mol. The molecule has 1 fully saturated rings. The SMILES string of the molecule is Cc1nn(C)c2nccc(N3CCCC(CN(C)S(C)(=O)=O)C3)c12. The lowest BCUT2D eigenvalue weighted by Crippen LogP contribution is -2.41. The van der Waals surface area contributed by atoms with Crippen LogP contribution in [0.3, 0.4) is 0 Å². The van der Waals surface area contributed by atoms with E-state index in [4.69, 9.17) is 0 Å². The van der Waals surface area contributed by atoms with Gasteiger partial charge in [0, 0.05) is 39.9 Å². The van der Waals surface area contributed by atoms with Gasteiger partial charge in [0.1, 0.15) is 0 Å². The average Bonchev–Trinajstić information content (AvgIpc) is 2.81. The third kappa shape index (κ3) is 3.25. The van der Waals surface area contributed by atoms with Crippen molar-refractivity contribution in [2.24, 2.45) is 13.0 Å². The zero-order valence-corrected chi connectivity index (χ0v) is 15.5. The van der Waals surface area contributed by atoms with E-state index >= 15 is 0 Å². The number of pyridine rings is 1. The molecular weight excluding hydrogens is 326 g/mol. The summed E-state index contributed by atoms with van der Waals surface area (Å²) in [6, 6.07) is 2.04. The van der Waals surface area contributed by atoms with Gasteiger partial charge in [-0.3, -0.25) is 4.68 Å². The zero-order valence-electron chi connectivity index (χ0n) is 14.7. The molecule has 3 rings (SSSR count). The summed E-state index contributed by atoms with van der Waals surface area (Å²) in [5.41, 5.74) is 3.02.